The summed E-state index contributed by atoms with van der Waals surface area (Å²) >= 11 is 5.47. The Kier molecular flexibility index (Phi) is 5.03. The summed E-state index contributed by atoms with van der Waals surface area (Å²) in [6, 6.07) is 5.06. The number of halogens is 1. The summed E-state index contributed by atoms with van der Waals surface area (Å²) in [5.41, 5.74) is 0. The monoisotopic (exact) mass is 316 g/mol. The van der Waals surface area contributed by atoms with E-state index in [4.69, 9.17) is 0 Å². The largest absolute Gasteiger partial charge is 0.314 e. The first kappa shape index (κ1) is 13.5. The van der Waals surface area contributed by atoms with Crippen molar-refractivity contribution in [1.82, 2.24) is 10.2 Å². The summed E-state index contributed by atoms with van der Waals surface area (Å²) in [4.78, 5) is 4.15. The van der Waals surface area contributed by atoms with E-state index in [1.165, 1.54) is 28.2 Å². The van der Waals surface area contributed by atoms with Gasteiger partial charge in [-0.2, -0.15) is 0 Å². The molecule has 0 spiro atoms. The van der Waals surface area contributed by atoms with Gasteiger partial charge in [-0.1, -0.05) is 20.3 Å². The van der Waals surface area contributed by atoms with Crippen LogP contribution in [0.3, 0.4) is 0 Å². The Balaban J connectivity index is 2.17. The number of thiophene rings is 1. The van der Waals surface area contributed by atoms with Gasteiger partial charge in [0.05, 0.1) is 3.79 Å². The Hall–Kier alpha value is 0.1000. The molecular formula is C13H21BrN2S. The first-order valence-corrected chi connectivity index (χ1v) is 8.03. The van der Waals surface area contributed by atoms with E-state index in [0.29, 0.717) is 6.04 Å². The maximum atomic E-state index is 3.58. The quantitative estimate of drug-likeness (QED) is 0.914. The van der Waals surface area contributed by atoms with Gasteiger partial charge in [0.2, 0.25) is 0 Å². The third-order valence-corrected chi connectivity index (χ3v) is 5.31. The van der Waals surface area contributed by atoms with E-state index in [2.05, 4.69) is 52.1 Å². The molecule has 1 aromatic heterocycles. The van der Waals surface area contributed by atoms with Crippen LogP contribution in [-0.2, 0) is 0 Å². The molecule has 1 aromatic rings. The first-order chi connectivity index (χ1) is 8.22. The Morgan fingerprint density at radius 3 is 2.65 bits per heavy atom. The van der Waals surface area contributed by atoms with Crippen LogP contribution in [0.25, 0.3) is 0 Å². The summed E-state index contributed by atoms with van der Waals surface area (Å²) in [6.45, 7) is 9.26. The molecule has 0 bridgehead atoms. The molecule has 2 atom stereocenters. The van der Waals surface area contributed by atoms with Gasteiger partial charge < -0.3 is 5.32 Å². The van der Waals surface area contributed by atoms with Crippen LogP contribution in [0.15, 0.2) is 15.9 Å². The van der Waals surface area contributed by atoms with Crippen molar-refractivity contribution >= 4 is 27.3 Å². The minimum Gasteiger partial charge on any atom is -0.314 e. The molecule has 0 amide bonds. The van der Waals surface area contributed by atoms with Crippen LogP contribution in [0.1, 0.15) is 31.2 Å². The second kappa shape index (κ2) is 6.32. The lowest BCUT2D eigenvalue weighted by atomic mass is 9.95. The van der Waals surface area contributed by atoms with Crippen LogP contribution in [0.5, 0.6) is 0 Å². The molecule has 1 fully saturated rings. The van der Waals surface area contributed by atoms with Crippen molar-refractivity contribution in [1.29, 1.82) is 0 Å². The maximum absolute atomic E-state index is 3.58. The highest BCUT2D eigenvalue weighted by atomic mass is 79.9. The van der Waals surface area contributed by atoms with Gasteiger partial charge >= 0.3 is 0 Å². The minimum absolute atomic E-state index is 0.596. The topological polar surface area (TPSA) is 15.3 Å². The lowest BCUT2D eigenvalue weighted by molar-refractivity contribution is 0.131. The summed E-state index contributed by atoms with van der Waals surface area (Å²) in [6.07, 6.45) is 1.24. The summed E-state index contributed by atoms with van der Waals surface area (Å²) in [7, 11) is 0. The van der Waals surface area contributed by atoms with Crippen LogP contribution in [0.2, 0.25) is 0 Å². The van der Waals surface area contributed by atoms with Crippen LogP contribution in [-0.4, -0.2) is 31.1 Å². The molecule has 2 nitrogen and oxygen atoms in total. The number of rotatable bonds is 4. The summed E-state index contributed by atoms with van der Waals surface area (Å²) < 4.78 is 1.25. The smallest absolute Gasteiger partial charge is 0.0701 e. The third-order valence-electron chi connectivity index (χ3n) is 3.61. The van der Waals surface area contributed by atoms with Crippen molar-refractivity contribution in [2.24, 2.45) is 5.92 Å². The van der Waals surface area contributed by atoms with Crippen LogP contribution in [0.4, 0.5) is 0 Å². The van der Waals surface area contributed by atoms with E-state index in [9.17, 15) is 0 Å². The van der Waals surface area contributed by atoms with Crippen molar-refractivity contribution < 1.29 is 0 Å². The molecule has 1 saturated heterocycles. The predicted octanol–water partition coefficient (Wildman–Crippen LogP) is 3.50. The molecule has 0 aliphatic carbocycles. The van der Waals surface area contributed by atoms with Gasteiger partial charge in [-0.05, 0) is 34.0 Å². The standard InChI is InChI=1S/C13H21BrN2S/c1-3-10(2)13(11-4-5-12(14)17-11)16-8-6-15-7-9-16/h4-5,10,13,15H,3,6-9H2,1-2H3/t10?,13-/m0/s1. The van der Waals surface area contributed by atoms with Gasteiger partial charge in [-0.15, -0.1) is 11.3 Å². The molecule has 1 N–H and O–H groups in total. The van der Waals surface area contributed by atoms with Crippen molar-refractivity contribution in [3.63, 3.8) is 0 Å². The SMILES string of the molecule is CCC(C)[C@@H](c1ccc(Br)s1)N1CCNCC1. The molecule has 2 rings (SSSR count). The maximum Gasteiger partial charge on any atom is 0.0701 e. The molecule has 0 radical (unpaired) electrons. The fraction of sp³-hybridized carbons (Fsp3) is 0.692. The molecule has 17 heavy (non-hydrogen) atoms. The predicted molar refractivity (Wildman–Crippen MR) is 78.7 cm³/mol. The van der Waals surface area contributed by atoms with Crippen LogP contribution < -0.4 is 5.32 Å². The Labute approximate surface area is 117 Å². The van der Waals surface area contributed by atoms with E-state index in [0.717, 1.165) is 19.0 Å². The zero-order chi connectivity index (χ0) is 12.3. The zero-order valence-corrected chi connectivity index (χ0v) is 13.0. The van der Waals surface area contributed by atoms with Crippen molar-refractivity contribution in [2.45, 2.75) is 26.3 Å². The number of hydrogen-bond donors (Lipinski definition) is 1. The zero-order valence-electron chi connectivity index (χ0n) is 10.6. The Morgan fingerprint density at radius 1 is 1.41 bits per heavy atom. The second-order valence-corrected chi connectivity index (χ2v) is 7.25. The Morgan fingerprint density at radius 2 is 2.12 bits per heavy atom. The van der Waals surface area contributed by atoms with Gasteiger partial charge in [-0.3, -0.25) is 4.90 Å². The molecule has 0 aromatic carbocycles. The van der Waals surface area contributed by atoms with Gasteiger partial charge in [0.1, 0.15) is 0 Å². The van der Waals surface area contributed by atoms with Gasteiger partial charge in [-0.25, -0.2) is 0 Å². The molecule has 96 valence electrons. The molecule has 0 saturated carbocycles. The lowest BCUT2D eigenvalue weighted by Crippen LogP contribution is -2.46. The van der Waals surface area contributed by atoms with Crippen LogP contribution in [0, 0.1) is 5.92 Å². The number of piperazine rings is 1. The van der Waals surface area contributed by atoms with E-state index in [1.807, 2.05) is 11.3 Å². The highest BCUT2D eigenvalue weighted by Gasteiger charge is 2.27. The molecule has 1 aliphatic heterocycles. The number of nitrogens with one attached hydrogen (secondary N) is 1. The average molecular weight is 317 g/mol. The van der Waals surface area contributed by atoms with Gasteiger partial charge in [0, 0.05) is 37.1 Å². The van der Waals surface area contributed by atoms with Gasteiger partial charge in [0.25, 0.3) is 0 Å². The van der Waals surface area contributed by atoms with Gasteiger partial charge in [0.15, 0.2) is 0 Å². The lowest BCUT2D eigenvalue weighted by Gasteiger charge is -2.37. The minimum atomic E-state index is 0.596. The molecule has 2 heterocycles. The third kappa shape index (κ3) is 3.31. The summed E-state index contributed by atoms with van der Waals surface area (Å²) in [5.74, 6) is 0.721. The Bertz CT molecular complexity index is 347. The summed E-state index contributed by atoms with van der Waals surface area (Å²) in [5, 5.41) is 3.44. The molecule has 1 unspecified atom stereocenters. The molecular weight excluding hydrogens is 296 g/mol. The first-order valence-electron chi connectivity index (χ1n) is 6.42. The number of hydrogen-bond acceptors (Lipinski definition) is 3. The molecule has 1 aliphatic rings. The van der Waals surface area contributed by atoms with Crippen molar-refractivity contribution in [3.8, 4) is 0 Å². The fourth-order valence-electron chi connectivity index (χ4n) is 2.49. The van der Waals surface area contributed by atoms with E-state index >= 15 is 0 Å². The van der Waals surface area contributed by atoms with E-state index in [1.54, 1.807) is 0 Å². The highest BCUT2D eigenvalue weighted by molar-refractivity contribution is 9.11. The van der Waals surface area contributed by atoms with E-state index in [-0.39, 0.29) is 0 Å². The molecule has 4 heteroatoms. The van der Waals surface area contributed by atoms with Crippen molar-refractivity contribution in [2.75, 3.05) is 26.2 Å². The van der Waals surface area contributed by atoms with E-state index < -0.39 is 0 Å². The second-order valence-electron chi connectivity index (χ2n) is 4.76. The fourth-order valence-corrected chi connectivity index (χ4v) is 4.18. The van der Waals surface area contributed by atoms with Crippen molar-refractivity contribution in [3.05, 3.63) is 20.8 Å². The highest BCUT2D eigenvalue weighted by Crippen LogP contribution is 2.36. The normalized spacial score (nSPS) is 21.4. The van der Waals surface area contributed by atoms with Crippen LogP contribution >= 0.6 is 27.3 Å². The number of nitrogens with zero attached hydrogens (tertiary/aromatic N) is 1. The average Bonchev–Trinajstić information content (AvgIpc) is 2.77.